The summed E-state index contributed by atoms with van der Waals surface area (Å²) in [6.07, 6.45) is 2.06. The topological polar surface area (TPSA) is 81.1 Å². The van der Waals surface area contributed by atoms with Crippen LogP contribution < -0.4 is 9.64 Å². The van der Waals surface area contributed by atoms with Crippen LogP contribution in [-0.4, -0.2) is 62.1 Å². The number of ether oxygens (including phenoxy) is 2. The Bertz CT molecular complexity index is 1060. The summed E-state index contributed by atoms with van der Waals surface area (Å²) in [6.45, 7) is 3.67. The normalized spacial score (nSPS) is 20.0. The van der Waals surface area contributed by atoms with Crippen molar-refractivity contribution in [1.29, 1.82) is 0 Å². The molecule has 0 N–H and O–H groups in total. The predicted molar refractivity (Wildman–Crippen MR) is 113 cm³/mol. The fraction of sp³-hybridized carbons (Fsp3) is 0.450. The molecule has 30 heavy (non-hydrogen) atoms. The van der Waals surface area contributed by atoms with Crippen molar-refractivity contribution in [1.82, 2.24) is 8.87 Å². The highest BCUT2D eigenvalue weighted by Crippen LogP contribution is 2.37. The number of fused-ring (bicyclic) bond motifs is 1. The van der Waals surface area contributed by atoms with Crippen LogP contribution in [0.4, 0.5) is 5.69 Å². The van der Waals surface area contributed by atoms with Crippen molar-refractivity contribution in [3.63, 3.8) is 0 Å². The Kier molecular flexibility index (Phi) is 5.80. The number of aryl methyl sites for hydroxylation is 1. The minimum absolute atomic E-state index is 0.0990. The molecule has 2 aliphatic rings. The quantitative estimate of drug-likeness (QED) is 0.710. The minimum atomic E-state index is -3.69. The summed E-state index contributed by atoms with van der Waals surface area (Å²) in [5.41, 5.74) is 0.862. The number of amides is 1. The summed E-state index contributed by atoms with van der Waals surface area (Å²) in [5, 5.41) is 0.493. The van der Waals surface area contributed by atoms with Crippen molar-refractivity contribution in [2.45, 2.75) is 24.3 Å². The standard InChI is InChI=1S/C20H24ClN3O5S/c1-3-15-12-24(17-10-14(21)4-5-19(17)29-15)20(25)18-11-16(13-22(18)2)30(26,27)23-6-8-28-9-7-23/h4-5,10-11,13,15H,3,6-9,12H2,1-2H3. The number of rotatable bonds is 4. The first kappa shape index (κ1) is 21.2. The highest BCUT2D eigenvalue weighted by molar-refractivity contribution is 7.89. The number of hydrogen-bond acceptors (Lipinski definition) is 5. The van der Waals surface area contributed by atoms with Gasteiger partial charge in [-0.05, 0) is 30.7 Å². The van der Waals surface area contributed by atoms with Gasteiger partial charge in [-0.3, -0.25) is 9.69 Å². The molecular weight excluding hydrogens is 430 g/mol. The van der Waals surface area contributed by atoms with Crippen LogP contribution in [0.2, 0.25) is 5.02 Å². The number of sulfonamides is 1. The van der Waals surface area contributed by atoms with Crippen LogP contribution >= 0.6 is 11.6 Å². The third kappa shape index (κ3) is 3.82. The van der Waals surface area contributed by atoms with Gasteiger partial charge in [-0.1, -0.05) is 18.5 Å². The van der Waals surface area contributed by atoms with Crippen LogP contribution in [0.1, 0.15) is 23.8 Å². The van der Waals surface area contributed by atoms with Crippen LogP contribution in [0.3, 0.4) is 0 Å². The molecule has 1 atom stereocenters. The molecule has 4 rings (SSSR count). The van der Waals surface area contributed by atoms with Crippen molar-refractivity contribution in [2.75, 3.05) is 37.7 Å². The summed E-state index contributed by atoms with van der Waals surface area (Å²) in [6, 6.07) is 6.60. The van der Waals surface area contributed by atoms with Gasteiger partial charge in [0.1, 0.15) is 22.4 Å². The zero-order valence-corrected chi connectivity index (χ0v) is 18.4. The van der Waals surface area contributed by atoms with E-state index in [2.05, 4.69) is 0 Å². The van der Waals surface area contributed by atoms with Gasteiger partial charge >= 0.3 is 0 Å². The molecule has 1 saturated heterocycles. The summed E-state index contributed by atoms with van der Waals surface area (Å²) in [5.74, 6) is 0.285. The number of carbonyl (C=O) groups is 1. The second kappa shape index (κ2) is 8.22. The average Bonchev–Trinajstić information content (AvgIpc) is 3.15. The van der Waals surface area contributed by atoms with E-state index in [0.717, 1.165) is 6.42 Å². The molecule has 0 aliphatic carbocycles. The monoisotopic (exact) mass is 453 g/mol. The van der Waals surface area contributed by atoms with Crippen molar-refractivity contribution >= 4 is 33.2 Å². The van der Waals surface area contributed by atoms with Gasteiger partial charge in [0, 0.05) is 31.4 Å². The molecule has 1 aromatic carbocycles. The van der Waals surface area contributed by atoms with Gasteiger partial charge in [0.25, 0.3) is 5.91 Å². The lowest BCUT2D eigenvalue weighted by molar-refractivity contribution is 0.0730. The van der Waals surface area contributed by atoms with E-state index in [1.807, 2.05) is 6.92 Å². The predicted octanol–water partition coefficient (Wildman–Crippen LogP) is 2.52. The van der Waals surface area contributed by atoms with E-state index in [1.54, 1.807) is 34.7 Å². The van der Waals surface area contributed by atoms with Gasteiger partial charge in [0.2, 0.25) is 10.0 Å². The van der Waals surface area contributed by atoms with E-state index in [1.165, 1.54) is 16.6 Å². The van der Waals surface area contributed by atoms with Gasteiger partial charge in [0.05, 0.1) is 25.4 Å². The molecule has 3 heterocycles. The molecule has 0 bridgehead atoms. The van der Waals surface area contributed by atoms with Crippen molar-refractivity contribution < 1.29 is 22.7 Å². The number of hydrogen-bond donors (Lipinski definition) is 0. The Morgan fingerprint density at radius 2 is 1.97 bits per heavy atom. The van der Waals surface area contributed by atoms with Crippen molar-refractivity contribution in [3.8, 4) is 5.75 Å². The first-order chi connectivity index (χ1) is 14.3. The van der Waals surface area contributed by atoms with Crippen LogP contribution in [0.25, 0.3) is 0 Å². The number of carbonyl (C=O) groups excluding carboxylic acids is 1. The maximum atomic E-state index is 13.5. The van der Waals surface area contributed by atoms with Crippen LogP contribution in [-0.2, 0) is 21.8 Å². The molecule has 1 fully saturated rings. The zero-order valence-electron chi connectivity index (χ0n) is 16.9. The van der Waals surface area contributed by atoms with Gasteiger partial charge in [-0.2, -0.15) is 4.31 Å². The number of nitrogens with zero attached hydrogens (tertiary/aromatic N) is 3. The number of benzene rings is 1. The van der Waals surface area contributed by atoms with Gasteiger partial charge < -0.3 is 14.0 Å². The van der Waals surface area contributed by atoms with E-state index < -0.39 is 10.0 Å². The molecule has 0 saturated carbocycles. The lowest BCUT2D eigenvalue weighted by Gasteiger charge is -2.34. The summed E-state index contributed by atoms with van der Waals surface area (Å²) in [7, 11) is -2.03. The highest BCUT2D eigenvalue weighted by atomic mass is 35.5. The second-order valence-electron chi connectivity index (χ2n) is 7.36. The van der Waals surface area contributed by atoms with Crippen molar-refractivity contribution in [3.05, 3.63) is 41.2 Å². The number of aromatic nitrogens is 1. The third-order valence-corrected chi connectivity index (χ3v) is 7.50. The molecule has 0 radical (unpaired) electrons. The van der Waals surface area contributed by atoms with Crippen LogP contribution in [0, 0.1) is 0 Å². The first-order valence-electron chi connectivity index (χ1n) is 9.83. The van der Waals surface area contributed by atoms with Gasteiger partial charge in [-0.25, -0.2) is 8.42 Å². The number of halogens is 1. The minimum Gasteiger partial charge on any atom is -0.486 e. The van der Waals surface area contributed by atoms with E-state index in [0.29, 0.717) is 49.3 Å². The molecule has 1 unspecified atom stereocenters. The lowest BCUT2D eigenvalue weighted by Crippen LogP contribution is -2.43. The Balaban J connectivity index is 1.68. The van der Waals surface area contributed by atoms with E-state index >= 15 is 0 Å². The van der Waals surface area contributed by atoms with E-state index in [4.69, 9.17) is 21.1 Å². The van der Waals surface area contributed by atoms with Gasteiger partial charge in [-0.15, -0.1) is 0 Å². The second-order valence-corrected chi connectivity index (χ2v) is 9.74. The van der Waals surface area contributed by atoms with Crippen molar-refractivity contribution in [2.24, 2.45) is 7.05 Å². The first-order valence-corrected chi connectivity index (χ1v) is 11.7. The summed E-state index contributed by atoms with van der Waals surface area (Å²) in [4.78, 5) is 15.2. The third-order valence-electron chi connectivity index (χ3n) is 5.40. The Morgan fingerprint density at radius 1 is 1.23 bits per heavy atom. The van der Waals surface area contributed by atoms with Crippen LogP contribution in [0.15, 0.2) is 35.4 Å². The Hall–Kier alpha value is -2.07. The van der Waals surface area contributed by atoms with E-state index in [9.17, 15) is 13.2 Å². The molecule has 8 nitrogen and oxygen atoms in total. The average molecular weight is 454 g/mol. The number of morpholine rings is 1. The maximum Gasteiger partial charge on any atom is 0.275 e. The summed E-state index contributed by atoms with van der Waals surface area (Å²) < 4.78 is 40.1. The molecule has 10 heteroatoms. The molecule has 0 spiro atoms. The highest BCUT2D eigenvalue weighted by Gasteiger charge is 2.33. The fourth-order valence-corrected chi connectivity index (χ4v) is 5.33. The SMILES string of the molecule is CCC1CN(C(=O)c2cc(S(=O)(=O)N3CCOCC3)cn2C)c2cc(Cl)ccc2O1. The maximum absolute atomic E-state index is 13.5. The van der Waals surface area contributed by atoms with Crippen LogP contribution in [0.5, 0.6) is 5.75 Å². The Labute approximate surface area is 181 Å². The molecule has 162 valence electrons. The number of anilines is 1. The zero-order chi connectivity index (χ0) is 21.5. The molecule has 2 aromatic rings. The summed E-state index contributed by atoms with van der Waals surface area (Å²) >= 11 is 6.15. The lowest BCUT2D eigenvalue weighted by atomic mass is 10.1. The molecule has 1 aromatic heterocycles. The smallest absolute Gasteiger partial charge is 0.275 e. The van der Waals surface area contributed by atoms with E-state index in [-0.39, 0.29) is 22.6 Å². The fourth-order valence-electron chi connectivity index (χ4n) is 3.69. The largest absolute Gasteiger partial charge is 0.486 e. The molecular formula is C20H24ClN3O5S. The molecule has 2 aliphatic heterocycles. The molecule has 1 amide bonds. The Morgan fingerprint density at radius 3 is 2.67 bits per heavy atom. The van der Waals surface area contributed by atoms with Gasteiger partial charge in [0.15, 0.2) is 0 Å².